The topological polar surface area (TPSA) is 98.9 Å². The Kier molecular flexibility index (Phi) is 3.25. The summed E-state index contributed by atoms with van der Waals surface area (Å²) in [4.78, 5) is -0.264. The number of benzene rings is 2. The van der Waals surface area contributed by atoms with Crippen LogP contribution in [0.1, 0.15) is 0 Å². The second kappa shape index (κ2) is 4.60. The van der Waals surface area contributed by atoms with Crippen LogP contribution in [-0.4, -0.2) is 27.2 Å². The van der Waals surface area contributed by atoms with Gasteiger partial charge >= 0.3 is 0 Å². The van der Waals surface area contributed by atoms with Gasteiger partial charge in [0.05, 0.1) is 19.1 Å². The molecule has 0 saturated heterocycles. The Labute approximate surface area is 110 Å². The third kappa shape index (κ3) is 2.42. The maximum absolute atomic E-state index is 11.2. The smallest absolute Gasteiger partial charge is 0.294 e. The van der Waals surface area contributed by atoms with E-state index in [0.29, 0.717) is 22.2 Å². The van der Waals surface area contributed by atoms with Crippen molar-refractivity contribution in [1.82, 2.24) is 0 Å². The van der Waals surface area contributed by atoms with Gasteiger partial charge in [0.1, 0.15) is 11.5 Å². The summed E-state index contributed by atoms with van der Waals surface area (Å²) in [5.74, 6) is 0.689. The van der Waals surface area contributed by atoms with Crippen LogP contribution >= 0.6 is 0 Å². The summed E-state index contributed by atoms with van der Waals surface area (Å²) in [6, 6.07) is 5.75. The van der Waals surface area contributed by atoms with Crippen LogP contribution in [0.2, 0.25) is 0 Å². The van der Waals surface area contributed by atoms with E-state index in [2.05, 4.69) is 0 Å². The third-order valence-corrected chi connectivity index (χ3v) is 3.56. The van der Waals surface area contributed by atoms with Gasteiger partial charge in [0.25, 0.3) is 10.1 Å². The molecular weight excluding hydrogens is 270 g/mol. The number of nitrogens with two attached hydrogens (primary N) is 1. The van der Waals surface area contributed by atoms with Gasteiger partial charge in [-0.1, -0.05) is 0 Å². The van der Waals surface area contributed by atoms with E-state index in [1.54, 1.807) is 12.1 Å². The molecule has 0 unspecified atom stereocenters. The molecule has 0 amide bonds. The molecule has 102 valence electrons. The van der Waals surface area contributed by atoms with Crippen LogP contribution in [0, 0.1) is 0 Å². The highest BCUT2D eigenvalue weighted by atomic mass is 32.2. The van der Waals surface area contributed by atoms with Crippen molar-refractivity contribution in [2.75, 3.05) is 20.0 Å². The van der Waals surface area contributed by atoms with Crippen molar-refractivity contribution >= 4 is 26.6 Å². The van der Waals surface area contributed by atoms with Gasteiger partial charge in [-0.15, -0.1) is 0 Å². The van der Waals surface area contributed by atoms with Crippen LogP contribution in [0.15, 0.2) is 29.2 Å². The first-order valence-corrected chi connectivity index (χ1v) is 6.73. The lowest BCUT2D eigenvalue weighted by Gasteiger charge is -2.12. The highest BCUT2D eigenvalue weighted by Crippen LogP contribution is 2.36. The van der Waals surface area contributed by atoms with E-state index in [1.807, 2.05) is 0 Å². The lowest BCUT2D eigenvalue weighted by molar-refractivity contribution is 0.414. The molecule has 0 heterocycles. The second-order valence-corrected chi connectivity index (χ2v) is 5.34. The fourth-order valence-corrected chi connectivity index (χ4v) is 2.40. The number of rotatable bonds is 3. The predicted molar refractivity (Wildman–Crippen MR) is 71.3 cm³/mol. The molecule has 7 heteroatoms. The van der Waals surface area contributed by atoms with Gasteiger partial charge < -0.3 is 15.2 Å². The van der Waals surface area contributed by atoms with Crippen molar-refractivity contribution in [3.05, 3.63) is 24.3 Å². The van der Waals surface area contributed by atoms with Crippen molar-refractivity contribution in [2.45, 2.75) is 4.90 Å². The normalized spacial score (nSPS) is 11.5. The van der Waals surface area contributed by atoms with Gasteiger partial charge in [-0.2, -0.15) is 8.42 Å². The molecule has 0 bridgehead atoms. The minimum absolute atomic E-state index is 0.264. The van der Waals surface area contributed by atoms with Crippen molar-refractivity contribution in [3.8, 4) is 11.5 Å². The molecular formula is C12H13NO5S. The van der Waals surface area contributed by atoms with Crippen LogP contribution in [-0.2, 0) is 10.1 Å². The summed E-state index contributed by atoms with van der Waals surface area (Å²) < 4.78 is 41.9. The minimum Gasteiger partial charge on any atom is -0.496 e. The predicted octanol–water partition coefficient (Wildman–Crippen LogP) is 1.69. The van der Waals surface area contributed by atoms with Crippen molar-refractivity contribution in [1.29, 1.82) is 0 Å². The zero-order chi connectivity index (χ0) is 14.2. The number of ether oxygens (including phenoxy) is 2. The first-order chi connectivity index (χ1) is 8.86. The Morgan fingerprint density at radius 2 is 1.53 bits per heavy atom. The van der Waals surface area contributed by atoms with Crippen LogP contribution in [0.4, 0.5) is 5.69 Å². The molecule has 2 rings (SSSR count). The summed E-state index contributed by atoms with van der Waals surface area (Å²) in [6.45, 7) is 0. The lowest BCUT2D eigenvalue weighted by Crippen LogP contribution is -2.00. The minimum atomic E-state index is -4.33. The van der Waals surface area contributed by atoms with Crippen LogP contribution in [0.3, 0.4) is 0 Å². The second-order valence-electron chi connectivity index (χ2n) is 3.92. The quantitative estimate of drug-likeness (QED) is 0.657. The summed E-state index contributed by atoms with van der Waals surface area (Å²) in [5.41, 5.74) is 6.20. The summed E-state index contributed by atoms with van der Waals surface area (Å²) >= 11 is 0. The molecule has 3 N–H and O–H groups in total. The van der Waals surface area contributed by atoms with Gasteiger partial charge in [-0.05, 0) is 12.1 Å². The molecule has 0 aliphatic heterocycles. The fraction of sp³-hybridized carbons (Fsp3) is 0.167. The molecule has 0 aliphatic rings. The van der Waals surface area contributed by atoms with Crippen molar-refractivity contribution in [2.24, 2.45) is 0 Å². The van der Waals surface area contributed by atoms with Crippen LogP contribution in [0.5, 0.6) is 11.5 Å². The molecule has 0 aliphatic carbocycles. The fourth-order valence-electron chi connectivity index (χ4n) is 1.88. The van der Waals surface area contributed by atoms with E-state index in [4.69, 9.17) is 19.8 Å². The Balaban J connectivity index is 2.93. The molecule has 2 aromatic carbocycles. The first-order valence-electron chi connectivity index (χ1n) is 5.29. The van der Waals surface area contributed by atoms with E-state index < -0.39 is 10.1 Å². The van der Waals surface area contributed by atoms with Gasteiger partial charge in [-0.3, -0.25) is 4.55 Å². The van der Waals surface area contributed by atoms with Gasteiger partial charge in [0.2, 0.25) is 0 Å². The Hall–Kier alpha value is -1.99. The van der Waals surface area contributed by atoms with Crippen LogP contribution < -0.4 is 15.2 Å². The standard InChI is InChI=1S/C12H13NO5S/c1-17-11-4-7(13)3-9-10(11)5-8(19(14,15)16)6-12(9)18-2/h3-6H,13H2,1-2H3,(H,14,15,16). The highest BCUT2D eigenvalue weighted by molar-refractivity contribution is 7.85. The maximum atomic E-state index is 11.2. The lowest BCUT2D eigenvalue weighted by atomic mass is 10.1. The van der Waals surface area contributed by atoms with E-state index in [0.717, 1.165) is 0 Å². The zero-order valence-electron chi connectivity index (χ0n) is 10.4. The Morgan fingerprint density at radius 3 is 2.05 bits per heavy atom. The van der Waals surface area contributed by atoms with E-state index in [1.165, 1.54) is 26.4 Å². The molecule has 19 heavy (non-hydrogen) atoms. The average molecular weight is 283 g/mol. The molecule has 0 fully saturated rings. The monoisotopic (exact) mass is 283 g/mol. The number of fused-ring (bicyclic) bond motifs is 1. The number of hydrogen-bond acceptors (Lipinski definition) is 5. The SMILES string of the molecule is COc1cc(S(=O)(=O)O)cc2c(OC)cc(N)cc12. The van der Waals surface area contributed by atoms with Crippen molar-refractivity contribution < 1.29 is 22.4 Å². The van der Waals surface area contributed by atoms with Gasteiger partial charge in [-0.25, -0.2) is 0 Å². The number of methoxy groups -OCH3 is 2. The largest absolute Gasteiger partial charge is 0.496 e. The Bertz CT molecular complexity index is 739. The molecule has 0 aromatic heterocycles. The van der Waals surface area contributed by atoms with Crippen LogP contribution in [0.25, 0.3) is 10.8 Å². The maximum Gasteiger partial charge on any atom is 0.294 e. The van der Waals surface area contributed by atoms with E-state index >= 15 is 0 Å². The number of hydrogen-bond donors (Lipinski definition) is 2. The summed E-state index contributed by atoms with van der Waals surface area (Å²) in [5, 5.41) is 1.09. The average Bonchev–Trinajstić information content (AvgIpc) is 2.35. The van der Waals surface area contributed by atoms with E-state index in [-0.39, 0.29) is 10.6 Å². The molecule has 0 atom stereocenters. The molecule has 0 radical (unpaired) electrons. The molecule has 0 saturated carbocycles. The van der Waals surface area contributed by atoms with Crippen molar-refractivity contribution in [3.63, 3.8) is 0 Å². The molecule has 0 spiro atoms. The third-order valence-electron chi connectivity index (χ3n) is 2.73. The summed E-state index contributed by atoms with van der Waals surface area (Å²) in [7, 11) is -1.48. The van der Waals surface area contributed by atoms with Gasteiger partial charge in [0, 0.05) is 28.6 Å². The van der Waals surface area contributed by atoms with E-state index in [9.17, 15) is 8.42 Å². The number of anilines is 1. The molecule has 6 nitrogen and oxygen atoms in total. The summed E-state index contributed by atoms with van der Waals surface area (Å²) in [6.07, 6.45) is 0. The first kappa shape index (κ1) is 13.4. The molecule has 2 aromatic rings. The highest BCUT2D eigenvalue weighted by Gasteiger charge is 2.16. The number of nitrogen functional groups attached to an aromatic ring is 1. The van der Waals surface area contributed by atoms with Gasteiger partial charge in [0.15, 0.2) is 0 Å². The zero-order valence-corrected chi connectivity index (χ0v) is 11.2. The Morgan fingerprint density at radius 1 is 1.00 bits per heavy atom.